The third-order valence-corrected chi connectivity index (χ3v) is 2.49. The second-order valence-corrected chi connectivity index (χ2v) is 3.38. The van der Waals surface area contributed by atoms with Gasteiger partial charge in [0.2, 0.25) is 0 Å². The van der Waals surface area contributed by atoms with Crippen LogP contribution in [0.4, 0.5) is 0 Å². The maximum Gasteiger partial charge on any atom is 0.308 e. The molecule has 0 spiro atoms. The van der Waals surface area contributed by atoms with Crippen molar-refractivity contribution in [2.75, 3.05) is 0 Å². The number of hydrogen-bond donors (Lipinski definition) is 1. The number of aromatic nitrogens is 2. The number of aliphatic carboxylic acids is 1. The lowest BCUT2D eigenvalue weighted by molar-refractivity contribution is -0.142. The summed E-state index contributed by atoms with van der Waals surface area (Å²) in [5.74, 6) is -0.606. The Labute approximate surface area is 80.0 Å². The topological polar surface area (TPSA) is 72.2 Å². The second-order valence-electron chi connectivity index (χ2n) is 3.38. The van der Waals surface area contributed by atoms with Crippen LogP contribution in [-0.2, 0) is 17.8 Å². The van der Waals surface area contributed by atoms with Crippen molar-refractivity contribution in [3.63, 3.8) is 0 Å². The van der Waals surface area contributed by atoms with Crippen LogP contribution >= 0.6 is 0 Å². The number of aryl methyl sites for hydroxylation is 1. The molecule has 5 heteroatoms. The quantitative estimate of drug-likeness (QED) is 0.677. The van der Waals surface area contributed by atoms with E-state index in [2.05, 4.69) is 4.98 Å². The van der Waals surface area contributed by atoms with Crippen LogP contribution < -0.4 is 5.56 Å². The molecule has 0 fully saturated rings. The molecule has 1 aromatic rings. The van der Waals surface area contributed by atoms with Gasteiger partial charge in [0.05, 0.1) is 5.92 Å². The van der Waals surface area contributed by atoms with Gasteiger partial charge in [-0.25, -0.2) is 4.98 Å². The Bertz CT molecular complexity index is 424. The van der Waals surface area contributed by atoms with E-state index in [0.717, 1.165) is 0 Å². The molecule has 0 radical (unpaired) electrons. The Morgan fingerprint density at radius 2 is 2.43 bits per heavy atom. The van der Waals surface area contributed by atoms with E-state index in [1.165, 1.54) is 16.8 Å². The van der Waals surface area contributed by atoms with Gasteiger partial charge >= 0.3 is 5.97 Å². The van der Waals surface area contributed by atoms with Gasteiger partial charge < -0.3 is 5.11 Å². The van der Waals surface area contributed by atoms with Crippen molar-refractivity contribution in [1.82, 2.24) is 9.55 Å². The van der Waals surface area contributed by atoms with Crippen LogP contribution in [0.3, 0.4) is 0 Å². The normalized spacial score (nSPS) is 20.1. The van der Waals surface area contributed by atoms with Crippen LogP contribution in [0.1, 0.15) is 12.2 Å². The van der Waals surface area contributed by atoms with Crippen molar-refractivity contribution < 1.29 is 9.90 Å². The van der Waals surface area contributed by atoms with Crippen LogP contribution in [0.25, 0.3) is 0 Å². The lowest BCUT2D eigenvalue weighted by atomic mass is 9.99. The number of hydrogen-bond acceptors (Lipinski definition) is 3. The minimum Gasteiger partial charge on any atom is -0.481 e. The molecular weight excluding hydrogens is 184 g/mol. The zero-order chi connectivity index (χ0) is 10.1. The summed E-state index contributed by atoms with van der Waals surface area (Å²) in [6, 6.07) is 1.35. The Hall–Kier alpha value is -1.65. The maximum atomic E-state index is 11.4. The molecule has 14 heavy (non-hydrogen) atoms. The fraction of sp³-hybridized carbons (Fsp3) is 0.444. The van der Waals surface area contributed by atoms with Crippen molar-refractivity contribution in [3.8, 4) is 0 Å². The molecule has 0 aliphatic carbocycles. The van der Waals surface area contributed by atoms with Crippen molar-refractivity contribution in [1.29, 1.82) is 0 Å². The monoisotopic (exact) mass is 194 g/mol. The molecule has 2 heterocycles. The van der Waals surface area contributed by atoms with E-state index in [1.54, 1.807) is 0 Å². The summed E-state index contributed by atoms with van der Waals surface area (Å²) >= 11 is 0. The summed E-state index contributed by atoms with van der Waals surface area (Å²) in [6.07, 6.45) is 2.59. The third kappa shape index (κ3) is 1.41. The maximum absolute atomic E-state index is 11.4. The van der Waals surface area contributed by atoms with Crippen LogP contribution in [0, 0.1) is 5.92 Å². The Balaban J connectivity index is 2.38. The van der Waals surface area contributed by atoms with E-state index in [0.29, 0.717) is 18.7 Å². The Kier molecular flexibility index (Phi) is 2.07. The predicted molar refractivity (Wildman–Crippen MR) is 47.9 cm³/mol. The van der Waals surface area contributed by atoms with Gasteiger partial charge in [-0.1, -0.05) is 0 Å². The van der Waals surface area contributed by atoms with Crippen LogP contribution in [-0.4, -0.2) is 20.6 Å². The molecule has 2 rings (SSSR count). The van der Waals surface area contributed by atoms with Gasteiger partial charge in [0.1, 0.15) is 5.82 Å². The summed E-state index contributed by atoms with van der Waals surface area (Å²) < 4.78 is 1.45. The predicted octanol–water partition coefficient (Wildman–Crippen LogP) is -0.110. The van der Waals surface area contributed by atoms with Gasteiger partial charge in [0, 0.05) is 25.2 Å². The molecule has 5 nitrogen and oxygen atoms in total. The minimum atomic E-state index is -0.841. The molecule has 0 bridgehead atoms. The number of carbonyl (C=O) groups is 1. The molecule has 0 amide bonds. The fourth-order valence-electron chi connectivity index (χ4n) is 1.69. The highest BCUT2D eigenvalue weighted by Crippen LogP contribution is 2.16. The average molecular weight is 194 g/mol. The van der Waals surface area contributed by atoms with Gasteiger partial charge in [-0.3, -0.25) is 14.2 Å². The molecule has 1 aliphatic heterocycles. The first-order valence-corrected chi connectivity index (χ1v) is 4.46. The zero-order valence-electron chi connectivity index (χ0n) is 7.51. The van der Waals surface area contributed by atoms with Gasteiger partial charge in [0.25, 0.3) is 5.56 Å². The number of rotatable bonds is 1. The lowest BCUT2D eigenvalue weighted by Crippen LogP contribution is -2.34. The summed E-state index contributed by atoms with van der Waals surface area (Å²) in [5, 5.41) is 8.82. The molecule has 1 atom stereocenters. The van der Waals surface area contributed by atoms with Gasteiger partial charge in [-0.15, -0.1) is 0 Å². The van der Waals surface area contributed by atoms with E-state index in [1.807, 2.05) is 0 Å². The number of fused-ring (bicyclic) bond motifs is 1. The summed E-state index contributed by atoms with van der Waals surface area (Å²) in [6.45, 7) is 0.247. The first kappa shape index (κ1) is 8.93. The zero-order valence-corrected chi connectivity index (χ0v) is 7.51. The minimum absolute atomic E-state index is 0.166. The number of nitrogens with zero attached hydrogens (tertiary/aromatic N) is 2. The van der Waals surface area contributed by atoms with E-state index in [9.17, 15) is 9.59 Å². The number of carboxylic acid groups (broad SMARTS) is 1. The highest BCUT2D eigenvalue weighted by atomic mass is 16.4. The molecule has 74 valence electrons. The lowest BCUT2D eigenvalue weighted by Gasteiger charge is -2.21. The van der Waals surface area contributed by atoms with E-state index in [-0.39, 0.29) is 12.1 Å². The van der Waals surface area contributed by atoms with Gasteiger partial charge in [0.15, 0.2) is 0 Å². The molecule has 1 unspecified atom stereocenters. The molecule has 1 N–H and O–H groups in total. The largest absolute Gasteiger partial charge is 0.481 e. The van der Waals surface area contributed by atoms with E-state index in [4.69, 9.17) is 5.11 Å². The molecule has 0 aromatic carbocycles. The first-order chi connectivity index (χ1) is 6.68. The summed E-state index contributed by atoms with van der Waals surface area (Å²) in [5.41, 5.74) is -0.166. The summed E-state index contributed by atoms with van der Waals surface area (Å²) in [7, 11) is 0. The molecule has 0 saturated carbocycles. The third-order valence-electron chi connectivity index (χ3n) is 2.49. The van der Waals surface area contributed by atoms with Crippen molar-refractivity contribution in [2.24, 2.45) is 5.92 Å². The molecular formula is C9H10N2O3. The van der Waals surface area contributed by atoms with Gasteiger partial charge in [-0.05, 0) is 6.42 Å². The smallest absolute Gasteiger partial charge is 0.308 e. The average Bonchev–Trinajstić information content (AvgIpc) is 2.18. The SMILES string of the molecule is O=C(O)C1CCc2nccc(=O)n2C1. The van der Waals surface area contributed by atoms with Crippen molar-refractivity contribution in [3.05, 3.63) is 28.4 Å². The molecule has 1 aliphatic rings. The highest BCUT2D eigenvalue weighted by molar-refractivity contribution is 5.70. The Morgan fingerprint density at radius 1 is 1.64 bits per heavy atom. The van der Waals surface area contributed by atoms with Crippen LogP contribution in [0.2, 0.25) is 0 Å². The van der Waals surface area contributed by atoms with Gasteiger partial charge in [-0.2, -0.15) is 0 Å². The van der Waals surface area contributed by atoms with Crippen LogP contribution in [0.5, 0.6) is 0 Å². The molecule has 0 saturated heterocycles. The highest BCUT2D eigenvalue weighted by Gasteiger charge is 2.24. The van der Waals surface area contributed by atoms with Crippen molar-refractivity contribution in [2.45, 2.75) is 19.4 Å². The fourth-order valence-corrected chi connectivity index (χ4v) is 1.69. The standard InChI is InChI=1S/C9H10N2O3/c12-8-3-4-10-7-2-1-6(9(13)14)5-11(7)8/h3-4,6H,1-2,5H2,(H,13,14). The van der Waals surface area contributed by atoms with E-state index >= 15 is 0 Å². The van der Waals surface area contributed by atoms with Crippen molar-refractivity contribution >= 4 is 5.97 Å². The second kappa shape index (κ2) is 3.25. The van der Waals surface area contributed by atoms with Crippen LogP contribution in [0.15, 0.2) is 17.1 Å². The first-order valence-electron chi connectivity index (χ1n) is 4.46. The number of carboxylic acids is 1. The Morgan fingerprint density at radius 3 is 3.14 bits per heavy atom. The molecule has 1 aromatic heterocycles. The van der Waals surface area contributed by atoms with E-state index < -0.39 is 11.9 Å². The summed E-state index contributed by atoms with van der Waals surface area (Å²) in [4.78, 5) is 26.1.